The molecule has 1 saturated heterocycles. The summed E-state index contributed by atoms with van der Waals surface area (Å²) in [6.07, 6.45) is 4.59. The van der Waals surface area contributed by atoms with E-state index in [4.69, 9.17) is 4.52 Å². The van der Waals surface area contributed by atoms with Gasteiger partial charge in [-0.2, -0.15) is 0 Å². The lowest BCUT2D eigenvalue weighted by atomic mass is 10.2. The predicted octanol–water partition coefficient (Wildman–Crippen LogP) is -1.49. The lowest BCUT2D eigenvalue weighted by Crippen LogP contribution is -2.53. The van der Waals surface area contributed by atoms with Gasteiger partial charge in [0.1, 0.15) is 19.8 Å². The van der Waals surface area contributed by atoms with Gasteiger partial charge in [0.2, 0.25) is 17.7 Å². The van der Waals surface area contributed by atoms with Crippen molar-refractivity contribution < 1.29 is 28.9 Å². The Labute approximate surface area is 141 Å². The highest BCUT2D eigenvalue weighted by atomic mass is 31.2. The lowest BCUT2D eigenvalue weighted by Gasteiger charge is -2.29. The molecule has 0 aliphatic carbocycles. The molecule has 9 nitrogen and oxygen atoms in total. The molecular weight excluding hydrogens is 337 g/mol. The van der Waals surface area contributed by atoms with Crippen molar-refractivity contribution in [3.05, 3.63) is 0 Å². The number of aliphatic hydroxyl groups excluding tert-OH is 1. The van der Waals surface area contributed by atoms with Gasteiger partial charge >= 0.3 is 0 Å². The maximum absolute atomic E-state index is 12.5. The molecule has 0 bridgehead atoms. The molecule has 4 N–H and O–H groups in total. The number of carbonyl (C=O) groups is 3. The van der Waals surface area contributed by atoms with Gasteiger partial charge in [-0.05, 0) is 12.8 Å². The Morgan fingerprint density at radius 1 is 1.42 bits per heavy atom. The van der Waals surface area contributed by atoms with Crippen molar-refractivity contribution in [3.63, 3.8) is 0 Å². The van der Waals surface area contributed by atoms with Crippen LogP contribution in [0, 0.1) is 0 Å². The minimum atomic E-state index is -2.65. The highest BCUT2D eigenvalue weighted by Gasteiger charge is 2.34. The first kappa shape index (κ1) is 20.6. The summed E-state index contributed by atoms with van der Waals surface area (Å²) < 4.78 is 5.31. The average molecular weight is 363 g/mol. The van der Waals surface area contributed by atoms with Gasteiger partial charge in [-0.1, -0.05) is 6.30 Å². The summed E-state index contributed by atoms with van der Waals surface area (Å²) in [5.74, 6) is -1.55. The Morgan fingerprint density at radius 2 is 2.08 bits per heavy atom. The number of aliphatic hydroxyl groups is 1. The third-order valence-electron chi connectivity index (χ3n) is 3.62. The number of carbonyl (C=O) groups excluding carboxylic acids is 3. The maximum atomic E-state index is 12.5. The van der Waals surface area contributed by atoms with E-state index >= 15 is 0 Å². The van der Waals surface area contributed by atoms with Crippen LogP contribution in [0.4, 0.5) is 0 Å². The van der Waals surface area contributed by atoms with Crippen LogP contribution in [-0.4, -0.2) is 84.5 Å². The second kappa shape index (κ2) is 9.17. The van der Waals surface area contributed by atoms with E-state index in [9.17, 15) is 24.4 Å². The normalized spacial score (nSPS) is 21.0. The summed E-state index contributed by atoms with van der Waals surface area (Å²) in [7, 11) is -1.25. The van der Waals surface area contributed by atoms with Gasteiger partial charge in [-0.15, -0.1) is 0 Å². The van der Waals surface area contributed by atoms with Crippen molar-refractivity contribution in [1.29, 1.82) is 0 Å². The molecule has 3 unspecified atom stereocenters. The van der Waals surface area contributed by atoms with Gasteiger partial charge < -0.3 is 30.1 Å². The number of hydrogen-bond acceptors (Lipinski definition) is 6. The van der Waals surface area contributed by atoms with Crippen LogP contribution in [0.3, 0.4) is 0 Å². The molecule has 0 aromatic rings. The minimum absolute atomic E-state index is 0.153. The van der Waals surface area contributed by atoms with Crippen molar-refractivity contribution in [3.8, 4) is 0 Å². The zero-order chi connectivity index (χ0) is 18.3. The smallest absolute Gasteiger partial charge is 0.247 e. The van der Waals surface area contributed by atoms with E-state index in [0.717, 1.165) is 6.42 Å². The molecule has 0 saturated carbocycles. The maximum Gasteiger partial charge on any atom is 0.247 e. The first-order valence-corrected chi connectivity index (χ1v) is 9.96. The highest BCUT2D eigenvalue weighted by molar-refractivity contribution is 7.62. The molecule has 3 atom stereocenters. The molecule has 3 amide bonds. The van der Waals surface area contributed by atoms with Crippen molar-refractivity contribution in [2.75, 3.05) is 33.5 Å². The Balaban J connectivity index is 2.65. The fraction of sp³-hybridized carbons (Fsp3) is 0.714. The van der Waals surface area contributed by atoms with E-state index in [1.165, 1.54) is 18.6 Å². The van der Waals surface area contributed by atoms with E-state index in [-0.39, 0.29) is 12.6 Å². The van der Waals surface area contributed by atoms with E-state index in [1.807, 2.05) is 0 Å². The van der Waals surface area contributed by atoms with E-state index < -0.39 is 44.1 Å². The zero-order valence-corrected chi connectivity index (χ0v) is 14.9. The van der Waals surface area contributed by atoms with Crippen LogP contribution in [0.2, 0.25) is 0 Å². The van der Waals surface area contributed by atoms with Crippen molar-refractivity contribution in [1.82, 2.24) is 15.5 Å². The number of likely N-dealkylation sites (tertiary alicyclic amines) is 1. The highest BCUT2D eigenvalue weighted by Crippen LogP contribution is 2.37. The fourth-order valence-electron chi connectivity index (χ4n) is 2.41. The molecule has 0 radical (unpaired) electrons. The van der Waals surface area contributed by atoms with Gasteiger partial charge in [0.05, 0.1) is 19.3 Å². The molecule has 10 heteroatoms. The molecule has 1 aliphatic rings. The molecule has 1 fully saturated rings. The number of nitrogens with zero attached hydrogens (tertiary/aromatic N) is 1. The molecular formula is C14H26N3O6P. The Hall–Kier alpha value is -1.41. The van der Waals surface area contributed by atoms with Crippen LogP contribution in [0.15, 0.2) is 0 Å². The van der Waals surface area contributed by atoms with Gasteiger partial charge in [0, 0.05) is 20.3 Å². The summed E-state index contributed by atoms with van der Waals surface area (Å²) in [6, 6.07) is -1.35. The van der Waals surface area contributed by atoms with Crippen molar-refractivity contribution >= 4 is 31.4 Å². The number of hydrogen-bond donors (Lipinski definition) is 4. The van der Waals surface area contributed by atoms with Crippen LogP contribution < -0.4 is 10.6 Å². The average Bonchev–Trinajstić information content (AvgIpc) is 2.97. The first-order chi connectivity index (χ1) is 11.2. The Kier molecular flexibility index (Phi) is 7.89. The van der Waals surface area contributed by atoms with Crippen LogP contribution in [0.1, 0.15) is 19.3 Å². The van der Waals surface area contributed by atoms with Gasteiger partial charge in [0.15, 0.2) is 0 Å². The van der Waals surface area contributed by atoms with Crippen LogP contribution in [0.25, 0.3) is 0 Å². The Morgan fingerprint density at radius 3 is 2.62 bits per heavy atom. The fourth-order valence-corrected chi connectivity index (χ4v) is 2.90. The second-order valence-corrected chi connectivity index (χ2v) is 8.19. The third-order valence-corrected chi connectivity index (χ3v) is 4.33. The minimum Gasteiger partial charge on any atom is -0.394 e. The van der Waals surface area contributed by atoms with Crippen LogP contribution in [-0.2, 0) is 18.9 Å². The van der Waals surface area contributed by atoms with E-state index in [0.29, 0.717) is 13.0 Å². The second-order valence-electron chi connectivity index (χ2n) is 5.83. The number of nitrogens with one attached hydrogen (secondary N) is 2. The predicted molar refractivity (Wildman–Crippen MR) is 90.6 cm³/mol. The number of rotatable bonds is 8. The largest absolute Gasteiger partial charge is 0.394 e. The number of amides is 3. The van der Waals surface area contributed by atoms with Gasteiger partial charge in [-0.3, -0.25) is 14.4 Å². The molecule has 138 valence electrons. The molecule has 1 heterocycles. The molecule has 0 spiro atoms. The molecule has 1 rings (SSSR count). The van der Waals surface area contributed by atoms with Crippen LogP contribution in [0.5, 0.6) is 0 Å². The van der Waals surface area contributed by atoms with Gasteiger partial charge in [-0.25, -0.2) is 0 Å². The topological polar surface area (TPSA) is 128 Å². The SMILES string of the molecule is C=P(C)(O)OCC1CCCN1C(=O)C(CO)NC(=O)CC(=O)NC. The lowest BCUT2D eigenvalue weighted by molar-refractivity contribution is -0.139. The zero-order valence-electron chi connectivity index (χ0n) is 14.0. The van der Waals surface area contributed by atoms with Gasteiger partial charge in [0.25, 0.3) is 0 Å². The molecule has 0 aromatic carbocycles. The Bertz CT molecular complexity index is 521. The summed E-state index contributed by atoms with van der Waals surface area (Å²) in [5, 5.41) is 14.1. The summed E-state index contributed by atoms with van der Waals surface area (Å²) in [6.45, 7) is 1.57. The quantitative estimate of drug-likeness (QED) is 0.307. The third kappa shape index (κ3) is 6.60. The standard InChI is InChI=1S/C14H26N3O6P/c1-15-12(19)7-13(20)16-11(8-18)14(21)17-6-4-5-10(17)9-23-24(2,3)22/h10-11,18,22H,2,4-9H2,1,3H3,(H,15,19)(H,16,20). The summed E-state index contributed by atoms with van der Waals surface area (Å²) in [4.78, 5) is 46.6. The van der Waals surface area contributed by atoms with Crippen molar-refractivity contribution in [2.24, 2.45) is 0 Å². The van der Waals surface area contributed by atoms with E-state index in [2.05, 4.69) is 16.9 Å². The van der Waals surface area contributed by atoms with Crippen molar-refractivity contribution in [2.45, 2.75) is 31.3 Å². The van der Waals surface area contributed by atoms with Crippen LogP contribution >= 0.6 is 7.34 Å². The molecule has 1 aliphatic heterocycles. The first-order valence-electron chi connectivity index (χ1n) is 7.67. The summed E-state index contributed by atoms with van der Waals surface area (Å²) >= 11 is 0. The molecule has 0 aromatic heterocycles. The van der Waals surface area contributed by atoms with E-state index in [1.54, 1.807) is 0 Å². The summed E-state index contributed by atoms with van der Waals surface area (Å²) in [5.41, 5.74) is 0. The monoisotopic (exact) mass is 363 g/mol. The molecule has 24 heavy (non-hydrogen) atoms.